The van der Waals surface area contributed by atoms with Crippen molar-refractivity contribution in [3.63, 3.8) is 0 Å². The van der Waals surface area contributed by atoms with Crippen LogP contribution in [0.5, 0.6) is 0 Å². The van der Waals surface area contributed by atoms with E-state index in [-0.39, 0.29) is 5.78 Å². The molecule has 0 saturated carbocycles. The lowest BCUT2D eigenvalue weighted by molar-refractivity contribution is -0.116. The Hall–Kier alpha value is -2.07. The molecule has 0 spiro atoms. The quantitative estimate of drug-likeness (QED) is 0.599. The molecule has 28 heavy (non-hydrogen) atoms. The van der Waals surface area contributed by atoms with Crippen molar-refractivity contribution in [1.29, 1.82) is 5.26 Å². The zero-order chi connectivity index (χ0) is 20.0. The number of hydrogen-bond donors (Lipinski definition) is 1. The largest absolute Gasteiger partial charge is 0.384 e. The number of Topliss-reactive ketones (excluding diaryl/α,β-unsaturated/α-hetero) is 1. The number of nitrogens with two attached hydrogens (primary N) is 1. The van der Waals surface area contributed by atoms with Gasteiger partial charge in [0.2, 0.25) is 0 Å². The Labute approximate surface area is 181 Å². The summed E-state index contributed by atoms with van der Waals surface area (Å²) in [5, 5.41) is 10.6. The SMILES string of the molecule is Cc1ccc(N2C(N)=C(C#N)C(c3ccc(Br)s3)C3=C2CCCC3=O)cc1Cl. The predicted molar refractivity (Wildman–Crippen MR) is 116 cm³/mol. The van der Waals surface area contributed by atoms with E-state index in [0.29, 0.717) is 28.4 Å². The van der Waals surface area contributed by atoms with Gasteiger partial charge in [0, 0.05) is 33.3 Å². The molecule has 2 heterocycles. The maximum Gasteiger partial charge on any atom is 0.161 e. The number of aryl methyl sites for hydroxylation is 1. The average Bonchev–Trinajstić information content (AvgIpc) is 3.09. The minimum absolute atomic E-state index is 0.0826. The minimum Gasteiger partial charge on any atom is -0.384 e. The van der Waals surface area contributed by atoms with Crippen LogP contribution in [0.4, 0.5) is 5.69 Å². The average molecular weight is 475 g/mol. The molecule has 2 aliphatic rings. The minimum atomic E-state index is -0.415. The molecule has 4 rings (SSSR count). The zero-order valence-corrected chi connectivity index (χ0v) is 18.3. The molecule has 1 aromatic heterocycles. The molecule has 4 nitrogen and oxygen atoms in total. The smallest absolute Gasteiger partial charge is 0.161 e. The van der Waals surface area contributed by atoms with Crippen molar-refractivity contribution in [1.82, 2.24) is 0 Å². The Morgan fingerprint density at radius 3 is 2.75 bits per heavy atom. The molecule has 0 bridgehead atoms. The monoisotopic (exact) mass is 473 g/mol. The summed E-state index contributed by atoms with van der Waals surface area (Å²) in [4.78, 5) is 15.8. The van der Waals surface area contributed by atoms with Gasteiger partial charge in [-0.1, -0.05) is 17.7 Å². The maximum atomic E-state index is 13.0. The standard InChI is InChI=1S/C21H17BrClN3OS/c1-11-5-6-12(9-14(11)23)26-15-3-2-4-16(27)20(15)19(13(10-24)21(26)25)17-7-8-18(22)28-17/h5-9,19H,2-4,25H2,1H3. The van der Waals surface area contributed by atoms with Crippen molar-refractivity contribution in [2.24, 2.45) is 5.73 Å². The number of halogens is 2. The molecule has 142 valence electrons. The number of anilines is 1. The summed E-state index contributed by atoms with van der Waals surface area (Å²) >= 11 is 11.4. The second-order valence-electron chi connectivity index (χ2n) is 6.89. The van der Waals surface area contributed by atoms with E-state index in [2.05, 4.69) is 22.0 Å². The molecule has 1 aliphatic carbocycles. The first-order valence-corrected chi connectivity index (χ1v) is 10.9. The number of rotatable bonds is 2. The van der Waals surface area contributed by atoms with E-state index in [1.165, 1.54) is 11.3 Å². The summed E-state index contributed by atoms with van der Waals surface area (Å²) in [5.74, 6) is 0.0332. The first-order valence-electron chi connectivity index (χ1n) is 8.90. The van der Waals surface area contributed by atoms with Crippen molar-refractivity contribution in [2.75, 3.05) is 4.90 Å². The second kappa shape index (κ2) is 7.40. The van der Waals surface area contributed by atoms with Crippen LogP contribution in [-0.2, 0) is 4.79 Å². The van der Waals surface area contributed by atoms with Crippen molar-refractivity contribution in [3.05, 3.63) is 72.2 Å². The van der Waals surface area contributed by atoms with E-state index in [1.54, 1.807) is 0 Å². The summed E-state index contributed by atoms with van der Waals surface area (Å²) in [6, 6.07) is 11.8. The fourth-order valence-corrected chi connectivity index (χ4v) is 5.59. The van der Waals surface area contributed by atoms with E-state index < -0.39 is 5.92 Å². The van der Waals surface area contributed by atoms with Crippen LogP contribution in [0.15, 0.2) is 56.8 Å². The Morgan fingerprint density at radius 1 is 1.32 bits per heavy atom. The number of benzene rings is 1. The summed E-state index contributed by atoms with van der Waals surface area (Å²) in [6.07, 6.45) is 1.99. The number of allylic oxidation sites excluding steroid dienone is 3. The van der Waals surface area contributed by atoms with Crippen LogP contribution in [0, 0.1) is 18.3 Å². The number of nitriles is 1. The van der Waals surface area contributed by atoms with Gasteiger partial charge in [-0.3, -0.25) is 9.69 Å². The van der Waals surface area contributed by atoms with Gasteiger partial charge in [-0.05, 0) is 65.5 Å². The Kier molecular flexibility index (Phi) is 5.09. The molecule has 1 aromatic carbocycles. The molecule has 0 fully saturated rings. The lowest BCUT2D eigenvalue weighted by Crippen LogP contribution is -2.38. The Balaban J connectivity index is 1.97. The van der Waals surface area contributed by atoms with E-state index in [1.807, 2.05) is 42.2 Å². The molecule has 2 N–H and O–H groups in total. The normalized spacial score (nSPS) is 19.7. The number of thiophene rings is 1. The van der Waals surface area contributed by atoms with Crippen LogP contribution in [0.2, 0.25) is 5.02 Å². The number of carbonyl (C=O) groups is 1. The van der Waals surface area contributed by atoms with E-state index in [9.17, 15) is 10.1 Å². The summed E-state index contributed by atoms with van der Waals surface area (Å²) in [6.45, 7) is 1.93. The van der Waals surface area contributed by atoms with E-state index >= 15 is 0 Å². The van der Waals surface area contributed by atoms with Gasteiger partial charge in [0.05, 0.1) is 21.3 Å². The highest BCUT2D eigenvalue weighted by atomic mass is 79.9. The number of nitrogens with zero attached hydrogens (tertiary/aromatic N) is 2. The van der Waals surface area contributed by atoms with Gasteiger partial charge in [0.25, 0.3) is 0 Å². The summed E-state index contributed by atoms with van der Waals surface area (Å²) < 4.78 is 0.955. The van der Waals surface area contributed by atoms with Gasteiger partial charge in [0.1, 0.15) is 5.82 Å². The molecule has 0 amide bonds. The Morgan fingerprint density at radius 2 is 2.11 bits per heavy atom. The zero-order valence-electron chi connectivity index (χ0n) is 15.1. The molecule has 1 unspecified atom stereocenters. The van der Waals surface area contributed by atoms with Crippen LogP contribution in [0.3, 0.4) is 0 Å². The van der Waals surface area contributed by atoms with Crippen molar-refractivity contribution < 1.29 is 4.79 Å². The number of ketones is 1. The van der Waals surface area contributed by atoms with Gasteiger partial charge in [-0.2, -0.15) is 5.26 Å². The summed E-state index contributed by atoms with van der Waals surface area (Å²) in [7, 11) is 0. The molecule has 1 atom stereocenters. The molecule has 2 aromatic rings. The van der Waals surface area contributed by atoms with Gasteiger partial charge in [-0.25, -0.2) is 0 Å². The van der Waals surface area contributed by atoms with Crippen molar-refractivity contribution in [3.8, 4) is 6.07 Å². The van der Waals surface area contributed by atoms with Gasteiger partial charge < -0.3 is 5.73 Å². The summed E-state index contributed by atoms with van der Waals surface area (Å²) in [5.41, 5.74) is 10.2. The molecular weight excluding hydrogens is 458 g/mol. The fourth-order valence-electron chi connectivity index (χ4n) is 3.87. The van der Waals surface area contributed by atoms with Gasteiger partial charge >= 0.3 is 0 Å². The third kappa shape index (κ3) is 3.08. The highest BCUT2D eigenvalue weighted by molar-refractivity contribution is 9.11. The van der Waals surface area contributed by atoms with Crippen molar-refractivity contribution >= 4 is 50.3 Å². The third-order valence-corrected chi connectivity index (χ3v) is 7.30. The fraction of sp³-hybridized carbons (Fsp3) is 0.238. The lowest BCUT2D eigenvalue weighted by Gasteiger charge is -2.39. The highest BCUT2D eigenvalue weighted by Gasteiger charge is 2.40. The van der Waals surface area contributed by atoms with Crippen LogP contribution in [-0.4, -0.2) is 5.78 Å². The third-order valence-electron chi connectivity index (χ3n) is 5.21. The lowest BCUT2D eigenvalue weighted by atomic mass is 9.78. The van der Waals surface area contributed by atoms with Crippen LogP contribution >= 0.6 is 38.9 Å². The predicted octanol–water partition coefficient (Wildman–Crippen LogP) is 5.78. The van der Waals surface area contributed by atoms with Crippen molar-refractivity contribution in [2.45, 2.75) is 32.1 Å². The topological polar surface area (TPSA) is 70.1 Å². The molecular formula is C21H17BrClN3OS. The van der Waals surface area contributed by atoms with E-state index in [4.69, 9.17) is 17.3 Å². The molecule has 1 aliphatic heterocycles. The maximum absolute atomic E-state index is 13.0. The first kappa shape index (κ1) is 19.3. The number of hydrogen-bond acceptors (Lipinski definition) is 5. The van der Waals surface area contributed by atoms with E-state index in [0.717, 1.165) is 38.5 Å². The molecule has 0 radical (unpaired) electrons. The van der Waals surface area contributed by atoms with Gasteiger partial charge in [0.15, 0.2) is 5.78 Å². The van der Waals surface area contributed by atoms with Crippen LogP contribution < -0.4 is 10.6 Å². The number of carbonyl (C=O) groups excluding carboxylic acids is 1. The Bertz CT molecular complexity index is 1100. The second-order valence-corrected chi connectivity index (χ2v) is 9.79. The van der Waals surface area contributed by atoms with Gasteiger partial charge in [-0.15, -0.1) is 11.3 Å². The molecule has 0 saturated heterocycles. The first-order chi connectivity index (χ1) is 13.4. The van der Waals surface area contributed by atoms with Crippen LogP contribution in [0.1, 0.15) is 35.6 Å². The molecule has 7 heteroatoms. The van der Waals surface area contributed by atoms with Crippen LogP contribution in [0.25, 0.3) is 0 Å². The highest BCUT2D eigenvalue weighted by Crippen LogP contribution is 2.48.